The third-order valence-corrected chi connectivity index (χ3v) is 3.69. The van der Waals surface area contributed by atoms with Crippen LogP contribution in [0.15, 0.2) is 42.6 Å². The average molecular weight is 282 g/mol. The van der Waals surface area contributed by atoms with Crippen molar-refractivity contribution in [3.05, 3.63) is 59.4 Å². The molecule has 1 atom stereocenters. The van der Waals surface area contributed by atoms with Crippen molar-refractivity contribution in [3.63, 3.8) is 0 Å². The number of carboxylic acids is 1. The number of amides is 1. The highest BCUT2D eigenvalue weighted by atomic mass is 16.4. The molecule has 0 radical (unpaired) electrons. The molecule has 3 rings (SSSR count). The monoisotopic (exact) mass is 282 g/mol. The molecule has 0 fully saturated rings. The number of aromatic nitrogens is 1. The summed E-state index contributed by atoms with van der Waals surface area (Å²) in [5.41, 5.74) is 2.54. The van der Waals surface area contributed by atoms with Gasteiger partial charge in [0.2, 0.25) is 0 Å². The molecule has 0 unspecified atom stereocenters. The van der Waals surface area contributed by atoms with E-state index < -0.39 is 12.0 Å². The van der Waals surface area contributed by atoms with Gasteiger partial charge in [-0.2, -0.15) is 0 Å². The van der Waals surface area contributed by atoms with E-state index in [1.165, 1.54) is 11.1 Å². The number of anilines is 1. The van der Waals surface area contributed by atoms with Gasteiger partial charge in [0.1, 0.15) is 11.7 Å². The minimum Gasteiger partial charge on any atom is -0.480 e. The molecule has 1 aliphatic heterocycles. The molecule has 21 heavy (non-hydrogen) atoms. The molecule has 2 heterocycles. The quantitative estimate of drug-likeness (QED) is 0.915. The number of carboxylic acid groups (broad SMARTS) is 1. The van der Waals surface area contributed by atoms with Crippen LogP contribution in [0.5, 0.6) is 0 Å². The Balaban J connectivity index is 2.08. The molecule has 1 N–H and O–H groups in total. The second kappa shape index (κ2) is 5.01. The van der Waals surface area contributed by atoms with Gasteiger partial charge < -0.3 is 5.11 Å². The Morgan fingerprint density at radius 3 is 2.71 bits per heavy atom. The molecule has 0 spiro atoms. The maximum absolute atomic E-state index is 12.7. The number of carbonyl (C=O) groups excluding carboxylic acids is 1. The molecule has 5 heteroatoms. The standard InChI is InChI=1S/C16H14N2O3/c1-10-5-4-8-17-14(10)15(19)18-12-7-3-2-6-11(12)9-13(18)16(20)21/h2-8,13H,9H2,1H3,(H,20,21)/t13-/m0/s1. The Morgan fingerprint density at radius 1 is 1.24 bits per heavy atom. The molecule has 0 bridgehead atoms. The summed E-state index contributed by atoms with van der Waals surface area (Å²) in [4.78, 5) is 29.7. The molecule has 0 saturated heterocycles. The van der Waals surface area contributed by atoms with E-state index in [1.54, 1.807) is 31.2 Å². The van der Waals surface area contributed by atoms with E-state index in [2.05, 4.69) is 4.98 Å². The van der Waals surface area contributed by atoms with E-state index in [1.807, 2.05) is 12.1 Å². The first-order chi connectivity index (χ1) is 10.1. The molecule has 0 aliphatic carbocycles. The summed E-state index contributed by atoms with van der Waals surface area (Å²) in [5, 5.41) is 9.41. The van der Waals surface area contributed by atoms with Gasteiger partial charge in [-0.1, -0.05) is 24.3 Å². The first-order valence-corrected chi connectivity index (χ1v) is 6.65. The normalized spacial score (nSPS) is 16.6. The summed E-state index contributed by atoms with van der Waals surface area (Å²) in [6, 6.07) is 9.93. The zero-order valence-electron chi connectivity index (χ0n) is 11.5. The summed E-state index contributed by atoms with van der Waals surface area (Å²) in [7, 11) is 0. The minimum absolute atomic E-state index is 0.292. The van der Waals surface area contributed by atoms with Crippen LogP contribution in [0.2, 0.25) is 0 Å². The lowest BCUT2D eigenvalue weighted by Crippen LogP contribution is -2.43. The van der Waals surface area contributed by atoms with Crippen LogP contribution < -0.4 is 4.90 Å². The number of carbonyl (C=O) groups is 2. The van der Waals surface area contributed by atoms with Gasteiger partial charge >= 0.3 is 5.97 Å². The molecular weight excluding hydrogens is 268 g/mol. The fourth-order valence-electron chi connectivity index (χ4n) is 2.66. The number of rotatable bonds is 2. The highest BCUT2D eigenvalue weighted by molar-refractivity contribution is 6.10. The molecule has 0 saturated carbocycles. The number of hydrogen-bond donors (Lipinski definition) is 1. The van der Waals surface area contributed by atoms with E-state index in [0.29, 0.717) is 17.8 Å². The number of aryl methyl sites for hydroxylation is 1. The Hall–Kier alpha value is -2.69. The predicted octanol–water partition coefficient (Wildman–Crippen LogP) is 2.05. The lowest BCUT2D eigenvalue weighted by molar-refractivity contribution is -0.138. The topological polar surface area (TPSA) is 70.5 Å². The second-order valence-corrected chi connectivity index (χ2v) is 5.03. The van der Waals surface area contributed by atoms with Gasteiger partial charge in [0.15, 0.2) is 0 Å². The first-order valence-electron chi connectivity index (χ1n) is 6.65. The molecule has 1 aromatic carbocycles. The van der Waals surface area contributed by atoms with Gasteiger partial charge in [-0.25, -0.2) is 4.79 Å². The number of hydrogen-bond acceptors (Lipinski definition) is 3. The Bertz CT molecular complexity index is 727. The van der Waals surface area contributed by atoms with Crippen LogP contribution >= 0.6 is 0 Å². The Morgan fingerprint density at radius 2 is 2.00 bits per heavy atom. The molecular formula is C16H14N2O3. The Kier molecular flexibility index (Phi) is 3.17. The van der Waals surface area contributed by atoms with Crippen LogP contribution in [0.1, 0.15) is 21.6 Å². The van der Waals surface area contributed by atoms with Gasteiger partial charge in [0.25, 0.3) is 5.91 Å². The summed E-state index contributed by atoms with van der Waals surface area (Å²) in [6.45, 7) is 1.79. The fraction of sp³-hybridized carbons (Fsp3) is 0.188. The van der Waals surface area contributed by atoms with Crippen LogP contribution in [0.25, 0.3) is 0 Å². The van der Waals surface area contributed by atoms with Gasteiger partial charge in [-0.3, -0.25) is 14.7 Å². The van der Waals surface area contributed by atoms with Crippen molar-refractivity contribution in [2.45, 2.75) is 19.4 Å². The van der Waals surface area contributed by atoms with Gasteiger partial charge in [0.05, 0.1) is 0 Å². The summed E-state index contributed by atoms with van der Waals surface area (Å²) in [6.07, 6.45) is 1.86. The molecule has 5 nitrogen and oxygen atoms in total. The fourth-order valence-corrected chi connectivity index (χ4v) is 2.66. The maximum atomic E-state index is 12.7. The summed E-state index contributed by atoms with van der Waals surface area (Å²) >= 11 is 0. The van der Waals surface area contributed by atoms with Crippen molar-refractivity contribution in [2.24, 2.45) is 0 Å². The van der Waals surface area contributed by atoms with Crippen LogP contribution in [-0.4, -0.2) is 28.0 Å². The van der Waals surface area contributed by atoms with Gasteiger partial charge in [-0.05, 0) is 30.2 Å². The minimum atomic E-state index is -1.01. The number of nitrogens with zero attached hydrogens (tertiary/aromatic N) is 2. The number of fused-ring (bicyclic) bond motifs is 1. The molecule has 2 aromatic rings. The van der Waals surface area contributed by atoms with E-state index in [-0.39, 0.29) is 5.91 Å². The van der Waals surface area contributed by atoms with E-state index >= 15 is 0 Å². The van der Waals surface area contributed by atoms with Crippen LogP contribution in [0.4, 0.5) is 5.69 Å². The van der Waals surface area contributed by atoms with Gasteiger partial charge in [0, 0.05) is 18.3 Å². The highest BCUT2D eigenvalue weighted by Crippen LogP contribution is 2.33. The van der Waals surface area contributed by atoms with E-state index in [4.69, 9.17) is 0 Å². The van der Waals surface area contributed by atoms with E-state index in [0.717, 1.165) is 11.1 Å². The number of aliphatic carboxylic acids is 1. The zero-order valence-corrected chi connectivity index (χ0v) is 11.5. The molecule has 106 valence electrons. The lowest BCUT2D eigenvalue weighted by Gasteiger charge is -2.22. The van der Waals surface area contributed by atoms with Crippen molar-refractivity contribution in [1.29, 1.82) is 0 Å². The SMILES string of the molecule is Cc1cccnc1C(=O)N1c2ccccc2C[C@H]1C(=O)O. The second-order valence-electron chi connectivity index (χ2n) is 5.03. The molecule has 1 aliphatic rings. The lowest BCUT2D eigenvalue weighted by atomic mass is 10.1. The van der Waals surface area contributed by atoms with Crippen molar-refractivity contribution < 1.29 is 14.7 Å². The number of benzene rings is 1. The summed E-state index contributed by atoms with van der Waals surface area (Å²) in [5.74, 6) is -1.38. The first kappa shape index (κ1) is 13.3. The van der Waals surface area contributed by atoms with Crippen LogP contribution in [0.3, 0.4) is 0 Å². The summed E-state index contributed by atoms with van der Waals surface area (Å²) < 4.78 is 0. The van der Waals surface area contributed by atoms with Gasteiger partial charge in [-0.15, -0.1) is 0 Å². The van der Waals surface area contributed by atoms with Crippen molar-refractivity contribution in [2.75, 3.05) is 4.90 Å². The number of para-hydroxylation sites is 1. The highest BCUT2D eigenvalue weighted by Gasteiger charge is 2.39. The van der Waals surface area contributed by atoms with Crippen LogP contribution in [0, 0.1) is 6.92 Å². The van der Waals surface area contributed by atoms with Crippen molar-refractivity contribution in [1.82, 2.24) is 4.98 Å². The molecule has 1 aromatic heterocycles. The molecule has 1 amide bonds. The van der Waals surface area contributed by atoms with Crippen LogP contribution in [-0.2, 0) is 11.2 Å². The smallest absolute Gasteiger partial charge is 0.327 e. The van der Waals surface area contributed by atoms with Crippen molar-refractivity contribution >= 4 is 17.6 Å². The number of pyridine rings is 1. The Labute approximate surface area is 121 Å². The van der Waals surface area contributed by atoms with Crippen molar-refractivity contribution in [3.8, 4) is 0 Å². The maximum Gasteiger partial charge on any atom is 0.327 e. The zero-order chi connectivity index (χ0) is 15.0. The third-order valence-electron chi connectivity index (χ3n) is 3.69. The predicted molar refractivity (Wildman–Crippen MR) is 77.4 cm³/mol. The largest absolute Gasteiger partial charge is 0.480 e. The third kappa shape index (κ3) is 2.16. The van der Waals surface area contributed by atoms with E-state index in [9.17, 15) is 14.7 Å². The average Bonchev–Trinajstić information content (AvgIpc) is 2.86.